The summed E-state index contributed by atoms with van der Waals surface area (Å²) in [7, 11) is 0. The molecule has 98 valence electrons. The highest BCUT2D eigenvalue weighted by Crippen LogP contribution is 2.27. The lowest BCUT2D eigenvalue weighted by Gasteiger charge is -2.04. The Balaban J connectivity index is 2.33. The monoisotopic (exact) mass is 317 g/mol. The van der Waals surface area contributed by atoms with Gasteiger partial charge in [-0.05, 0) is 17.5 Å². The second-order valence-corrected chi connectivity index (χ2v) is 5.02. The Morgan fingerprint density at radius 1 is 1.37 bits per heavy atom. The van der Waals surface area contributed by atoms with E-state index in [2.05, 4.69) is 10.3 Å². The van der Waals surface area contributed by atoms with Crippen molar-refractivity contribution in [3.63, 3.8) is 0 Å². The quantitative estimate of drug-likeness (QED) is 0.532. The summed E-state index contributed by atoms with van der Waals surface area (Å²) in [5, 5.41) is 15.1. The summed E-state index contributed by atoms with van der Waals surface area (Å²) in [6.07, 6.45) is 0. The highest BCUT2D eigenvalue weighted by Gasteiger charge is 2.20. The van der Waals surface area contributed by atoms with Crippen molar-refractivity contribution in [3.8, 4) is 0 Å². The predicted molar refractivity (Wildman–Crippen MR) is 73.2 cm³/mol. The molecule has 1 N–H and O–H groups in total. The maximum absolute atomic E-state index is 11.9. The van der Waals surface area contributed by atoms with Gasteiger partial charge in [0.2, 0.25) is 5.82 Å². The van der Waals surface area contributed by atoms with Gasteiger partial charge in [0.05, 0.1) is 9.95 Å². The van der Waals surface area contributed by atoms with Crippen LogP contribution in [0, 0.1) is 10.1 Å². The first-order valence-corrected chi connectivity index (χ1v) is 6.48. The molecular weight excluding hydrogens is 313 g/mol. The van der Waals surface area contributed by atoms with Gasteiger partial charge >= 0.3 is 5.69 Å². The molecule has 6 nitrogen and oxygen atoms in total. The van der Waals surface area contributed by atoms with E-state index in [1.807, 2.05) is 0 Å². The number of halogens is 2. The van der Waals surface area contributed by atoms with Crippen LogP contribution in [-0.4, -0.2) is 15.8 Å². The molecular formula is C10H5Cl2N3O3S. The summed E-state index contributed by atoms with van der Waals surface area (Å²) < 4.78 is 0. The summed E-state index contributed by atoms with van der Waals surface area (Å²) in [4.78, 5) is 26.0. The van der Waals surface area contributed by atoms with Gasteiger partial charge in [0, 0.05) is 6.07 Å². The number of carbonyl (C=O) groups is 1. The largest absolute Gasteiger partial charge is 0.311 e. The molecule has 0 bridgehead atoms. The van der Waals surface area contributed by atoms with Gasteiger partial charge in [-0.1, -0.05) is 23.2 Å². The fraction of sp³-hybridized carbons (Fsp3) is 0. The van der Waals surface area contributed by atoms with Crippen LogP contribution in [0.4, 0.5) is 11.5 Å². The molecule has 0 radical (unpaired) electrons. The van der Waals surface area contributed by atoms with E-state index in [1.54, 1.807) is 11.4 Å². The van der Waals surface area contributed by atoms with Crippen molar-refractivity contribution in [1.29, 1.82) is 0 Å². The zero-order valence-corrected chi connectivity index (χ0v) is 11.4. The number of nitrogens with one attached hydrogen (secondary N) is 1. The van der Waals surface area contributed by atoms with Crippen molar-refractivity contribution in [3.05, 3.63) is 48.7 Å². The first-order valence-electron chi connectivity index (χ1n) is 4.84. The summed E-state index contributed by atoms with van der Waals surface area (Å²) >= 11 is 12.6. The number of nitro groups is 1. The van der Waals surface area contributed by atoms with Crippen LogP contribution >= 0.6 is 34.5 Å². The molecule has 2 aromatic rings. The van der Waals surface area contributed by atoms with Gasteiger partial charge in [-0.25, -0.2) is 4.98 Å². The number of nitrogens with zero attached hydrogens (tertiary/aromatic N) is 2. The van der Waals surface area contributed by atoms with Crippen LogP contribution in [0.5, 0.6) is 0 Å². The molecule has 0 saturated carbocycles. The number of aromatic nitrogens is 1. The van der Waals surface area contributed by atoms with Gasteiger partial charge in [-0.15, -0.1) is 11.3 Å². The molecule has 0 saturated heterocycles. The lowest BCUT2D eigenvalue weighted by molar-refractivity contribution is -0.384. The van der Waals surface area contributed by atoms with Crippen LogP contribution in [-0.2, 0) is 0 Å². The minimum absolute atomic E-state index is 0.0400. The summed E-state index contributed by atoms with van der Waals surface area (Å²) in [6.45, 7) is 0. The third kappa shape index (κ3) is 3.01. The Labute approximate surface area is 121 Å². The van der Waals surface area contributed by atoms with Crippen molar-refractivity contribution in [1.82, 2.24) is 4.98 Å². The molecule has 0 atom stereocenters. The third-order valence-corrected chi connectivity index (χ3v) is 3.64. The van der Waals surface area contributed by atoms with E-state index < -0.39 is 10.8 Å². The van der Waals surface area contributed by atoms with Crippen molar-refractivity contribution >= 4 is 52.0 Å². The van der Waals surface area contributed by atoms with E-state index in [1.165, 1.54) is 12.1 Å². The molecule has 1 amide bonds. The zero-order valence-electron chi connectivity index (χ0n) is 9.09. The minimum Gasteiger partial charge on any atom is -0.300 e. The lowest BCUT2D eigenvalue weighted by Crippen LogP contribution is -2.13. The van der Waals surface area contributed by atoms with Gasteiger partial charge in [-0.3, -0.25) is 20.2 Å². The number of carbonyl (C=O) groups excluding carboxylic acids is 1. The number of rotatable bonds is 3. The lowest BCUT2D eigenvalue weighted by atomic mass is 10.3. The highest BCUT2D eigenvalue weighted by molar-refractivity contribution is 7.12. The predicted octanol–water partition coefficient (Wildman–Crippen LogP) is 3.61. The van der Waals surface area contributed by atoms with Crippen LogP contribution < -0.4 is 5.32 Å². The number of amides is 1. The number of hydrogen-bond acceptors (Lipinski definition) is 5. The van der Waals surface area contributed by atoms with Crippen molar-refractivity contribution in [2.75, 3.05) is 5.32 Å². The van der Waals surface area contributed by atoms with Crippen molar-refractivity contribution in [2.24, 2.45) is 0 Å². The molecule has 9 heteroatoms. The summed E-state index contributed by atoms with van der Waals surface area (Å²) in [5.74, 6) is -0.787. The van der Waals surface area contributed by atoms with Gasteiger partial charge < -0.3 is 0 Å². The van der Waals surface area contributed by atoms with Crippen LogP contribution in [0.1, 0.15) is 9.67 Å². The molecule has 2 aromatic heterocycles. The van der Waals surface area contributed by atoms with Gasteiger partial charge in [-0.2, -0.15) is 0 Å². The Kier molecular flexibility index (Phi) is 3.98. The highest BCUT2D eigenvalue weighted by atomic mass is 35.5. The Bertz CT molecular complexity index is 659. The van der Waals surface area contributed by atoms with Crippen LogP contribution in [0.15, 0.2) is 23.6 Å². The average Bonchev–Trinajstić information content (AvgIpc) is 2.75. The Hall–Kier alpha value is -1.70. The average molecular weight is 318 g/mol. The van der Waals surface area contributed by atoms with Gasteiger partial charge in [0.1, 0.15) is 10.0 Å². The summed E-state index contributed by atoms with van der Waals surface area (Å²) in [5.41, 5.74) is -0.342. The first kappa shape index (κ1) is 13.7. The van der Waals surface area contributed by atoms with E-state index >= 15 is 0 Å². The van der Waals surface area contributed by atoms with Crippen molar-refractivity contribution < 1.29 is 9.72 Å². The SMILES string of the molecule is O=C(Nc1nc(Cl)ccc1[N+](=O)[O-])c1sccc1Cl. The third-order valence-electron chi connectivity index (χ3n) is 2.09. The Morgan fingerprint density at radius 2 is 2.11 bits per heavy atom. The molecule has 2 rings (SSSR count). The van der Waals surface area contributed by atoms with E-state index in [0.717, 1.165) is 11.3 Å². The summed E-state index contributed by atoms with van der Waals surface area (Å²) in [6, 6.07) is 4.00. The molecule has 0 aliphatic carbocycles. The second-order valence-electron chi connectivity index (χ2n) is 3.31. The van der Waals surface area contributed by atoms with E-state index in [-0.39, 0.29) is 26.6 Å². The van der Waals surface area contributed by atoms with Crippen LogP contribution in [0.3, 0.4) is 0 Å². The number of hydrogen-bond donors (Lipinski definition) is 1. The van der Waals surface area contributed by atoms with Gasteiger partial charge in [0.15, 0.2) is 0 Å². The normalized spacial score (nSPS) is 10.2. The van der Waals surface area contributed by atoms with E-state index in [0.29, 0.717) is 0 Å². The smallest absolute Gasteiger partial charge is 0.300 e. The molecule has 2 heterocycles. The molecule has 0 spiro atoms. The van der Waals surface area contributed by atoms with E-state index in [9.17, 15) is 14.9 Å². The van der Waals surface area contributed by atoms with Crippen molar-refractivity contribution in [2.45, 2.75) is 0 Å². The Morgan fingerprint density at radius 3 is 2.68 bits per heavy atom. The standard InChI is InChI=1S/C10H5Cl2N3O3S/c11-5-3-4-19-8(5)10(16)14-9-6(15(17)18)1-2-7(12)13-9/h1-4H,(H,13,14,16). The van der Waals surface area contributed by atoms with Crippen LogP contribution in [0.25, 0.3) is 0 Å². The number of pyridine rings is 1. The molecule has 0 fully saturated rings. The maximum atomic E-state index is 11.9. The second kappa shape index (κ2) is 5.52. The molecule has 0 aromatic carbocycles. The topological polar surface area (TPSA) is 85.1 Å². The van der Waals surface area contributed by atoms with Gasteiger partial charge in [0.25, 0.3) is 5.91 Å². The fourth-order valence-corrected chi connectivity index (χ4v) is 2.47. The maximum Gasteiger partial charge on any atom is 0.311 e. The molecule has 0 unspecified atom stereocenters. The minimum atomic E-state index is -0.658. The number of thiophene rings is 1. The van der Waals surface area contributed by atoms with Crippen LogP contribution in [0.2, 0.25) is 10.2 Å². The zero-order chi connectivity index (χ0) is 14.0. The number of anilines is 1. The first-order chi connectivity index (χ1) is 8.99. The molecule has 0 aliphatic rings. The molecule has 19 heavy (non-hydrogen) atoms. The fourth-order valence-electron chi connectivity index (χ4n) is 1.29. The van der Waals surface area contributed by atoms with E-state index in [4.69, 9.17) is 23.2 Å². The molecule has 0 aliphatic heterocycles.